The quantitative estimate of drug-likeness (QED) is 0.780. The van der Waals surface area contributed by atoms with E-state index in [0.29, 0.717) is 37.0 Å². The molecule has 3 rings (SSSR count). The molecule has 0 saturated carbocycles. The van der Waals surface area contributed by atoms with Crippen molar-refractivity contribution in [3.63, 3.8) is 0 Å². The third-order valence-corrected chi connectivity index (χ3v) is 4.73. The molecule has 142 valence electrons. The number of nitrogens with one attached hydrogen (secondary N) is 1. The molecule has 2 aromatic rings. The van der Waals surface area contributed by atoms with E-state index in [0.717, 1.165) is 11.1 Å². The van der Waals surface area contributed by atoms with Crippen LogP contribution in [-0.4, -0.2) is 32.2 Å². The second-order valence-corrected chi connectivity index (χ2v) is 6.86. The SMILES string of the molecule is CC(NC(=O)C=Cc1ccc(Cl)cc1)c1ccc(F)c(N2CCOCC2)c1. The molecular weight excluding hydrogens is 367 g/mol. The van der Waals surface area contributed by atoms with Gasteiger partial charge in [0.15, 0.2) is 0 Å². The molecule has 1 N–H and O–H groups in total. The third kappa shape index (κ3) is 5.31. The van der Waals surface area contributed by atoms with Gasteiger partial charge in [0.05, 0.1) is 24.9 Å². The lowest BCUT2D eigenvalue weighted by atomic mass is 10.1. The largest absolute Gasteiger partial charge is 0.378 e. The van der Waals surface area contributed by atoms with E-state index in [1.807, 2.05) is 24.0 Å². The highest BCUT2D eigenvalue weighted by atomic mass is 35.5. The van der Waals surface area contributed by atoms with Crippen LogP contribution in [0.3, 0.4) is 0 Å². The van der Waals surface area contributed by atoms with Gasteiger partial charge < -0.3 is 15.0 Å². The zero-order chi connectivity index (χ0) is 19.2. The van der Waals surface area contributed by atoms with Gasteiger partial charge in [-0.15, -0.1) is 0 Å². The number of carbonyl (C=O) groups excluding carboxylic acids is 1. The minimum absolute atomic E-state index is 0.213. The Kier molecular flexibility index (Phi) is 6.48. The maximum Gasteiger partial charge on any atom is 0.244 e. The van der Waals surface area contributed by atoms with Gasteiger partial charge in [-0.25, -0.2) is 4.39 Å². The molecule has 1 fully saturated rings. The van der Waals surface area contributed by atoms with Crippen LogP contribution < -0.4 is 10.2 Å². The number of benzene rings is 2. The molecule has 1 aliphatic heterocycles. The Balaban J connectivity index is 1.65. The summed E-state index contributed by atoms with van der Waals surface area (Å²) in [5.41, 5.74) is 2.29. The predicted octanol–water partition coefficient (Wildman–Crippen LogP) is 4.21. The molecule has 0 aliphatic carbocycles. The summed E-state index contributed by atoms with van der Waals surface area (Å²) >= 11 is 5.85. The van der Waals surface area contributed by atoms with Crippen molar-refractivity contribution < 1.29 is 13.9 Å². The van der Waals surface area contributed by atoms with Crippen molar-refractivity contribution in [1.82, 2.24) is 5.32 Å². The number of hydrogen-bond acceptors (Lipinski definition) is 3. The molecule has 0 radical (unpaired) electrons. The lowest BCUT2D eigenvalue weighted by Crippen LogP contribution is -2.37. The van der Waals surface area contributed by atoms with Crippen LogP contribution in [-0.2, 0) is 9.53 Å². The molecule has 1 amide bonds. The van der Waals surface area contributed by atoms with Crippen LogP contribution in [0.5, 0.6) is 0 Å². The number of morpholine rings is 1. The second-order valence-electron chi connectivity index (χ2n) is 6.43. The molecule has 0 bridgehead atoms. The molecule has 27 heavy (non-hydrogen) atoms. The molecule has 0 spiro atoms. The van der Waals surface area contributed by atoms with E-state index in [1.54, 1.807) is 30.3 Å². The van der Waals surface area contributed by atoms with Crippen LogP contribution >= 0.6 is 11.6 Å². The zero-order valence-corrected chi connectivity index (χ0v) is 15.9. The van der Waals surface area contributed by atoms with Crippen LogP contribution in [0.4, 0.5) is 10.1 Å². The van der Waals surface area contributed by atoms with E-state index >= 15 is 0 Å². The molecule has 4 nitrogen and oxygen atoms in total. The average molecular weight is 389 g/mol. The van der Waals surface area contributed by atoms with Crippen molar-refractivity contribution in [3.05, 3.63) is 70.5 Å². The van der Waals surface area contributed by atoms with Gasteiger partial charge in [-0.1, -0.05) is 29.8 Å². The van der Waals surface area contributed by atoms with Gasteiger partial charge in [0.2, 0.25) is 5.91 Å². The van der Waals surface area contributed by atoms with Crippen molar-refractivity contribution in [2.24, 2.45) is 0 Å². The predicted molar refractivity (Wildman–Crippen MR) is 106 cm³/mol. The van der Waals surface area contributed by atoms with Crippen molar-refractivity contribution in [2.45, 2.75) is 13.0 Å². The maximum atomic E-state index is 14.2. The Hall–Kier alpha value is -2.37. The van der Waals surface area contributed by atoms with E-state index in [2.05, 4.69) is 5.32 Å². The van der Waals surface area contributed by atoms with E-state index in [-0.39, 0.29) is 17.8 Å². The molecule has 0 aromatic heterocycles. The first kappa shape index (κ1) is 19.4. The number of anilines is 1. The Labute approximate surface area is 163 Å². The Morgan fingerprint density at radius 2 is 1.93 bits per heavy atom. The van der Waals surface area contributed by atoms with Gasteiger partial charge in [0.1, 0.15) is 5.82 Å². The average Bonchev–Trinajstić information content (AvgIpc) is 2.68. The van der Waals surface area contributed by atoms with E-state index in [1.165, 1.54) is 12.1 Å². The van der Waals surface area contributed by atoms with Crippen LogP contribution in [0.15, 0.2) is 48.5 Å². The van der Waals surface area contributed by atoms with Crippen LogP contribution in [0.1, 0.15) is 24.1 Å². The molecule has 1 saturated heterocycles. The fraction of sp³-hybridized carbons (Fsp3) is 0.286. The van der Waals surface area contributed by atoms with Crippen LogP contribution in [0.2, 0.25) is 5.02 Å². The minimum Gasteiger partial charge on any atom is -0.378 e. The Bertz CT molecular complexity index is 817. The number of rotatable bonds is 5. The number of amides is 1. The summed E-state index contributed by atoms with van der Waals surface area (Å²) in [6, 6.07) is 11.9. The van der Waals surface area contributed by atoms with Crippen molar-refractivity contribution >= 4 is 29.3 Å². The molecule has 1 heterocycles. The molecular formula is C21H22ClFN2O2. The topological polar surface area (TPSA) is 41.6 Å². The van der Waals surface area contributed by atoms with Gasteiger partial charge >= 0.3 is 0 Å². The summed E-state index contributed by atoms with van der Waals surface area (Å²) in [6.07, 6.45) is 3.20. The summed E-state index contributed by atoms with van der Waals surface area (Å²) in [4.78, 5) is 14.2. The van der Waals surface area contributed by atoms with Gasteiger partial charge in [0.25, 0.3) is 0 Å². The summed E-state index contributed by atoms with van der Waals surface area (Å²) < 4.78 is 19.6. The van der Waals surface area contributed by atoms with E-state index < -0.39 is 0 Å². The lowest BCUT2D eigenvalue weighted by Gasteiger charge is -2.29. The summed E-state index contributed by atoms with van der Waals surface area (Å²) in [5, 5.41) is 3.56. The highest BCUT2D eigenvalue weighted by molar-refractivity contribution is 6.30. The monoisotopic (exact) mass is 388 g/mol. The highest BCUT2D eigenvalue weighted by Gasteiger charge is 2.17. The summed E-state index contributed by atoms with van der Waals surface area (Å²) in [6.45, 7) is 4.37. The smallest absolute Gasteiger partial charge is 0.244 e. The second kappa shape index (κ2) is 9.02. The first-order chi connectivity index (χ1) is 13.0. The number of ether oxygens (including phenoxy) is 1. The van der Waals surface area contributed by atoms with E-state index in [9.17, 15) is 9.18 Å². The standard InChI is InChI=1S/C21H22ClFN2O2/c1-15(24-21(26)9-4-16-2-6-18(22)7-3-16)17-5-8-19(23)20(14-17)25-10-12-27-13-11-25/h2-9,14-15H,10-13H2,1H3,(H,24,26). The molecule has 1 atom stereocenters. The van der Waals surface area contributed by atoms with Gasteiger partial charge in [-0.2, -0.15) is 0 Å². The molecule has 1 unspecified atom stereocenters. The Morgan fingerprint density at radius 1 is 1.22 bits per heavy atom. The van der Waals surface area contributed by atoms with Crippen molar-refractivity contribution in [1.29, 1.82) is 0 Å². The van der Waals surface area contributed by atoms with Gasteiger partial charge in [-0.05, 0) is 48.4 Å². The number of hydrogen-bond donors (Lipinski definition) is 1. The third-order valence-electron chi connectivity index (χ3n) is 4.48. The summed E-state index contributed by atoms with van der Waals surface area (Å²) in [7, 11) is 0. The summed E-state index contributed by atoms with van der Waals surface area (Å²) in [5.74, 6) is -0.475. The first-order valence-electron chi connectivity index (χ1n) is 8.89. The first-order valence-corrected chi connectivity index (χ1v) is 9.27. The zero-order valence-electron chi connectivity index (χ0n) is 15.1. The fourth-order valence-electron chi connectivity index (χ4n) is 2.94. The molecule has 2 aromatic carbocycles. The van der Waals surface area contributed by atoms with E-state index in [4.69, 9.17) is 16.3 Å². The number of nitrogens with zero attached hydrogens (tertiary/aromatic N) is 1. The number of carbonyl (C=O) groups is 1. The Morgan fingerprint density at radius 3 is 2.63 bits per heavy atom. The van der Waals surface area contributed by atoms with Crippen molar-refractivity contribution in [2.75, 3.05) is 31.2 Å². The van der Waals surface area contributed by atoms with Gasteiger partial charge in [0, 0.05) is 24.2 Å². The van der Waals surface area contributed by atoms with Gasteiger partial charge in [-0.3, -0.25) is 4.79 Å². The van der Waals surface area contributed by atoms with Crippen molar-refractivity contribution in [3.8, 4) is 0 Å². The molecule has 1 aliphatic rings. The number of halogens is 2. The fourth-order valence-corrected chi connectivity index (χ4v) is 3.06. The lowest BCUT2D eigenvalue weighted by molar-refractivity contribution is -0.117. The minimum atomic E-state index is -0.262. The highest BCUT2D eigenvalue weighted by Crippen LogP contribution is 2.25. The normalized spacial score (nSPS) is 15.7. The molecule has 6 heteroatoms. The van der Waals surface area contributed by atoms with Crippen LogP contribution in [0.25, 0.3) is 6.08 Å². The maximum absolute atomic E-state index is 14.2. The van der Waals surface area contributed by atoms with Crippen LogP contribution in [0, 0.1) is 5.82 Å².